The van der Waals surface area contributed by atoms with Gasteiger partial charge in [0.1, 0.15) is 0 Å². The van der Waals surface area contributed by atoms with E-state index >= 15 is 0 Å². The van der Waals surface area contributed by atoms with E-state index in [2.05, 4.69) is 97.5 Å². The average Bonchev–Trinajstić information content (AvgIpc) is 3.05. The van der Waals surface area contributed by atoms with Crippen molar-refractivity contribution >= 4 is 10.9 Å². The zero-order valence-electron chi connectivity index (χ0n) is 20.0. The molecule has 3 rings (SSSR count). The topological polar surface area (TPSA) is 46.3 Å². The highest BCUT2D eigenvalue weighted by atomic mass is 15.3. The molecule has 1 aromatic heterocycles. The Hall–Kier alpha value is -1.40. The maximum Gasteiger partial charge on any atom is 0.0456 e. The second kappa shape index (κ2) is 9.82. The molecule has 1 aliphatic rings. The second-order valence-electron chi connectivity index (χ2n) is 10.8. The zero-order valence-corrected chi connectivity index (χ0v) is 20.0. The number of nitrogens with zero attached hydrogens (tertiary/aromatic N) is 2. The third-order valence-corrected chi connectivity index (χ3v) is 6.28. The van der Waals surface area contributed by atoms with Crippen molar-refractivity contribution in [2.24, 2.45) is 0 Å². The SMILES string of the molecule is CN1CCN(CCNC(C)(C)C)C(CC(C)(C)NCCc2c[nH]c3ccccc23)C1. The van der Waals surface area contributed by atoms with Crippen molar-refractivity contribution in [3.8, 4) is 0 Å². The number of aromatic nitrogens is 1. The summed E-state index contributed by atoms with van der Waals surface area (Å²) in [5, 5.41) is 8.86. The van der Waals surface area contributed by atoms with Gasteiger partial charge in [-0.1, -0.05) is 18.2 Å². The quantitative estimate of drug-likeness (QED) is 0.589. The highest BCUT2D eigenvalue weighted by Crippen LogP contribution is 2.21. The molecule has 2 heterocycles. The molecule has 5 heteroatoms. The molecule has 1 atom stereocenters. The molecule has 168 valence electrons. The van der Waals surface area contributed by atoms with Crippen molar-refractivity contribution in [2.75, 3.05) is 46.3 Å². The van der Waals surface area contributed by atoms with Gasteiger partial charge in [0, 0.05) is 66.9 Å². The lowest BCUT2D eigenvalue weighted by Gasteiger charge is -2.44. The third kappa shape index (κ3) is 6.81. The van der Waals surface area contributed by atoms with Gasteiger partial charge in [-0.2, -0.15) is 0 Å². The fourth-order valence-electron chi connectivity index (χ4n) is 4.65. The van der Waals surface area contributed by atoms with E-state index in [1.165, 1.54) is 36.0 Å². The number of hydrogen-bond donors (Lipinski definition) is 3. The van der Waals surface area contributed by atoms with Gasteiger partial charge in [-0.15, -0.1) is 0 Å². The van der Waals surface area contributed by atoms with Crippen LogP contribution in [0.25, 0.3) is 10.9 Å². The molecule has 0 spiro atoms. The highest BCUT2D eigenvalue weighted by Gasteiger charge is 2.30. The largest absolute Gasteiger partial charge is 0.361 e. The molecule has 0 amide bonds. The number of likely N-dealkylation sites (N-methyl/N-ethyl adjacent to an activating group) is 1. The normalized spacial score (nSPS) is 19.6. The van der Waals surface area contributed by atoms with E-state index in [0.717, 1.165) is 32.6 Å². The van der Waals surface area contributed by atoms with Crippen LogP contribution in [-0.4, -0.2) is 78.2 Å². The monoisotopic (exact) mass is 413 g/mol. The minimum Gasteiger partial charge on any atom is -0.361 e. The van der Waals surface area contributed by atoms with Crippen molar-refractivity contribution in [3.05, 3.63) is 36.0 Å². The van der Waals surface area contributed by atoms with Gasteiger partial charge >= 0.3 is 0 Å². The van der Waals surface area contributed by atoms with Crippen molar-refractivity contribution in [3.63, 3.8) is 0 Å². The molecule has 2 aromatic rings. The number of H-pyrrole nitrogens is 1. The van der Waals surface area contributed by atoms with Crippen LogP contribution in [0.1, 0.15) is 46.6 Å². The summed E-state index contributed by atoms with van der Waals surface area (Å²) in [6, 6.07) is 9.18. The smallest absolute Gasteiger partial charge is 0.0456 e. The van der Waals surface area contributed by atoms with Gasteiger partial charge in [0.25, 0.3) is 0 Å². The first-order chi connectivity index (χ1) is 14.1. The van der Waals surface area contributed by atoms with Crippen LogP contribution in [0.4, 0.5) is 0 Å². The molecule has 1 unspecified atom stereocenters. The first-order valence-electron chi connectivity index (χ1n) is 11.6. The van der Waals surface area contributed by atoms with Gasteiger partial charge in [-0.3, -0.25) is 4.90 Å². The van der Waals surface area contributed by atoms with Gasteiger partial charge in [0.15, 0.2) is 0 Å². The van der Waals surface area contributed by atoms with E-state index in [4.69, 9.17) is 0 Å². The average molecular weight is 414 g/mol. The second-order valence-corrected chi connectivity index (χ2v) is 10.8. The summed E-state index contributed by atoms with van der Waals surface area (Å²) in [6.45, 7) is 18.1. The van der Waals surface area contributed by atoms with E-state index in [1.54, 1.807) is 0 Å². The number of hydrogen-bond acceptors (Lipinski definition) is 4. The number of para-hydroxylation sites is 1. The van der Waals surface area contributed by atoms with Crippen LogP contribution in [0, 0.1) is 0 Å². The zero-order chi connectivity index (χ0) is 21.8. The Kier molecular flexibility index (Phi) is 7.61. The van der Waals surface area contributed by atoms with Crippen LogP contribution in [0.2, 0.25) is 0 Å². The molecule has 1 aliphatic heterocycles. The van der Waals surface area contributed by atoms with E-state index in [-0.39, 0.29) is 11.1 Å². The lowest BCUT2D eigenvalue weighted by Crippen LogP contribution is -2.57. The van der Waals surface area contributed by atoms with E-state index < -0.39 is 0 Å². The van der Waals surface area contributed by atoms with Gasteiger partial charge in [-0.05, 0) is 72.7 Å². The summed E-state index contributed by atoms with van der Waals surface area (Å²) >= 11 is 0. The summed E-state index contributed by atoms with van der Waals surface area (Å²) in [4.78, 5) is 8.58. The minimum absolute atomic E-state index is 0.116. The Morgan fingerprint density at radius 1 is 1.03 bits per heavy atom. The van der Waals surface area contributed by atoms with Crippen molar-refractivity contribution in [2.45, 2.75) is 64.6 Å². The predicted molar refractivity (Wildman–Crippen MR) is 129 cm³/mol. The molecule has 30 heavy (non-hydrogen) atoms. The molecule has 0 saturated carbocycles. The summed E-state index contributed by atoms with van der Waals surface area (Å²) in [6.07, 6.45) is 4.39. The summed E-state index contributed by atoms with van der Waals surface area (Å²) in [5.41, 5.74) is 2.94. The number of aromatic amines is 1. The van der Waals surface area contributed by atoms with Crippen LogP contribution < -0.4 is 10.6 Å². The first kappa shape index (κ1) is 23.3. The maximum absolute atomic E-state index is 3.85. The van der Waals surface area contributed by atoms with Crippen molar-refractivity contribution < 1.29 is 0 Å². The predicted octanol–water partition coefficient (Wildman–Crippen LogP) is 3.47. The number of fused-ring (bicyclic) bond motifs is 1. The molecule has 1 fully saturated rings. The molecule has 5 nitrogen and oxygen atoms in total. The van der Waals surface area contributed by atoms with Crippen LogP contribution >= 0.6 is 0 Å². The van der Waals surface area contributed by atoms with E-state index in [9.17, 15) is 0 Å². The van der Waals surface area contributed by atoms with Crippen LogP contribution in [-0.2, 0) is 6.42 Å². The lowest BCUT2D eigenvalue weighted by molar-refractivity contribution is 0.0681. The van der Waals surface area contributed by atoms with Gasteiger partial charge in [0.05, 0.1) is 0 Å². The Balaban J connectivity index is 1.52. The van der Waals surface area contributed by atoms with Crippen molar-refractivity contribution in [1.82, 2.24) is 25.4 Å². The van der Waals surface area contributed by atoms with Crippen LogP contribution in [0.3, 0.4) is 0 Å². The fraction of sp³-hybridized carbons (Fsp3) is 0.680. The highest BCUT2D eigenvalue weighted by molar-refractivity contribution is 5.83. The minimum atomic E-state index is 0.116. The Morgan fingerprint density at radius 3 is 2.57 bits per heavy atom. The molecular weight excluding hydrogens is 370 g/mol. The number of benzene rings is 1. The Morgan fingerprint density at radius 2 is 1.80 bits per heavy atom. The number of piperazine rings is 1. The number of rotatable bonds is 9. The number of nitrogens with one attached hydrogen (secondary N) is 3. The molecule has 1 saturated heterocycles. The molecule has 0 radical (unpaired) electrons. The van der Waals surface area contributed by atoms with Crippen LogP contribution in [0.5, 0.6) is 0 Å². The maximum atomic E-state index is 3.85. The van der Waals surface area contributed by atoms with Crippen molar-refractivity contribution in [1.29, 1.82) is 0 Å². The van der Waals surface area contributed by atoms with E-state index in [1.807, 2.05) is 0 Å². The van der Waals surface area contributed by atoms with Gasteiger partial charge < -0.3 is 20.5 Å². The summed E-state index contributed by atoms with van der Waals surface area (Å²) in [7, 11) is 2.26. The molecule has 1 aromatic carbocycles. The van der Waals surface area contributed by atoms with Gasteiger partial charge in [-0.25, -0.2) is 0 Å². The van der Waals surface area contributed by atoms with Crippen LogP contribution in [0.15, 0.2) is 30.5 Å². The van der Waals surface area contributed by atoms with E-state index in [0.29, 0.717) is 6.04 Å². The molecular formula is C25H43N5. The standard InChI is InChI=1S/C25H43N5/c1-24(2,3)27-13-14-30-16-15-29(6)19-21(30)17-25(4,5)28-12-11-20-18-26-23-10-8-7-9-22(20)23/h7-10,18,21,26-28H,11-17,19H2,1-6H3. The first-order valence-corrected chi connectivity index (χ1v) is 11.6. The summed E-state index contributed by atoms with van der Waals surface area (Å²) < 4.78 is 0. The molecule has 3 N–H and O–H groups in total. The lowest BCUT2D eigenvalue weighted by atomic mass is 9.92. The third-order valence-electron chi connectivity index (χ3n) is 6.28. The Bertz CT molecular complexity index is 788. The Labute approximate surface area is 183 Å². The summed E-state index contributed by atoms with van der Waals surface area (Å²) in [5.74, 6) is 0. The van der Waals surface area contributed by atoms with Gasteiger partial charge in [0.2, 0.25) is 0 Å². The fourth-order valence-corrected chi connectivity index (χ4v) is 4.65. The molecule has 0 bridgehead atoms. The molecule has 0 aliphatic carbocycles.